The zero-order valence-electron chi connectivity index (χ0n) is 23.0. The maximum absolute atomic E-state index is 13.7. The summed E-state index contributed by atoms with van der Waals surface area (Å²) in [6.45, 7) is 8.98. The molecular formula is C29H38N4O5S. The summed E-state index contributed by atoms with van der Waals surface area (Å²) in [6.07, 6.45) is 1.60. The van der Waals surface area contributed by atoms with Crippen molar-refractivity contribution in [2.45, 2.75) is 37.8 Å². The van der Waals surface area contributed by atoms with Crippen LogP contribution in [0.5, 0.6) is 5.75 Å². The van der Waals surface area contributed by atoms with Crippen LogP contribution in [0, 0.1) is 5.92 Å². The van der Waals surface area contributed by atoms with Crippen molar-refractivity contribution in [3.63, 3.8) is 0 Å². The molecule has 39 heavy (non-hydrogen) atoms. The number of hydrogen-bond acceptors (Lipinski definition) is 7. The normalized spacial score (nSPS) is 14.5. The van der Waals surface area contributed by atoms with E-state index in [0.29, 0.717) is 55.4 Å². The number of methoxy groups -OCH3 is 1. The summed E-state index contributed by atoms with van der Waals surface area (Å²) >= 11 is 0. The number of rotatable bonds is 12. The summed E-state index contributed by atoms with van der Waals surface area (Å²) in [7, 11) is -2.11. The zero-order valence-corrected chi connectivity index (χ0v) is 23.8. The first-order valence-corrected chi connectivity index (χ1v) is 15.0. The standard InChI is InChI=1S/C29H38N4O5S/c1-23(2)20-33-26(19-30-29(33)39(35,36)22-24-7-5-4-6-8-24)21-32(14-13-31-15-17-38-18-16-31)28(34)25-9-11-27(37-3)12-10-25/h4-12,19,23H,13-18,20-22H2,1-3H3. The highest BCUT2D eigenvalue weighted by atomic mass is 32.2. The predicted molar refractivity (Wildman–Crippen MR) is 149 cm³/mol. The van der Waals surface area contributed by atoms with E-state index < -0.39 is 9.84 Å². The maximum atomic E-state index is 13.7. The Morgan fingerprint density at radius 1 is 1.08 bits per heavy atom. The second-order valence-electron chi connectivity index (χ2n) is 10.2. The van der Waals surface area contributed by atoms with Gasteiger partial charge in [-0.05, 0) is 35.7 Å². The molecule has 1 aliphatic rings. The number of ether oxygens (including phenoxy) is 2. The third-order valence-electron chi connectivity index (χ3n) is 6.69. The van der Waals surface area contributed by atoms with Gasteiger partial charge in [0, 0.05) is 38.3 Å². The van der Waals surface area contributed by atoms with Gasteiger partial charge in [0.15, 0.2) is 0 Å². The third kappa shape index (κ3) is 7.68. The fraction of sp³-hybridized carbons (Fsp3) is 0.448. The molecule has 0 N–H and O–H groups in total. The van der Waals surface area contributed by atoms with Gasteiger partial charge in [0.2, 0.25) is 15.0 Å². The van der Waals surface area contributed by atoms with E-state index in [0.717, 1.165) is 13.1 Å². The van der Waals surface area contributed by atoms with Gasteiger partial charge < -0.3 is 18.9 Å². The van der Waals surface area contributed by atoms with Crippen LogP contribution in [0.2, 0.25) is 0 Å². The van der Waals surface area contributed by atoms with Crippen LogP contribution in [0.1, 0.15) is 35.5 Å². The van der Waals surface area contributed by atoms with Gasteiger partial charge in [-0.2, -0.15) is 0 Å². The average Bonchev–Trinajstić information content (AvgIpc) is 3.33. The van der Waals surface area contributed by atoms with Crippen LogP contribution in [0.3, 0.4) is 0 Å². The molecule has 0 spiro atoms. The van der Waals surface area contributed by atoms with Crippen LogP contribution < -0.4 is 4.74 Å². The highest BCUT2D eigenvalue weighted by Gasteiger charge is 2.27. The molecule has 10 heteroatoms. The van der Waals surface area contributed by atoms with Crippen molar-refractivity contribution in [1.82, 2.24) is 19.4 Å². The lowest BCUT2D eigenvalue weighted by molar-refractivity contribution is 0.0319. The summed E-state index contributed by atoms with van der Waals surface area (Å²) in [5, 5.41) is 0.0417. The number of carbonyl (C=O) groups excluding carboxylic acids is 1. The number of hydrogen-bond donors (Lipinski definition) is 0. The quantitative estimate of drug-likeness (QED) is 0.338. The number of sulfone groups is 1. The van der Waals surface area contributed by atoms with E-state index in [9.17, 15) is 13.2 Å². The lowest BCUT2D eigenvalue weighted by Crippen LogP contribution is -2.43. The first kappa shape index (κ1) is 28.8. The highest BCUT2D eigenvalue weighted by Crippen LogP contribution is 2.21. The van der Waals surface area contributed by atoms with Gasteiger partial charge in [-0.15, -0.1) is 0 Å². The van der Waals surface area contributed by atoms with Crippen LogP contribution in [-0.2, 0) is 33.4 Å². The van der Waals surface area contributed by atoms with Crippen molar-refractivity contribution < 1.29 is 22.7 Å². The molecule has 9 nitrogen and oxygen atoms in total. The average molecular weight is 555 g/mol. The summed E-state index contributed by atoms with van der Waals surface area (Å²) in [5.41, 5.74) is 1.95. The van der Waals surface area contributed by atoms with E-state index >= 15 is 0 Å². The van der Waals surface area contributed by atoms with E-state index in [2.05, 4.69) is 9.88 Å². The Kier molecular flexibility index (Phi) is 9.77. The molecule has 1 amide bonds. The number of benzene rings is 2. The van der Waals surface area contributed by atoms with E-state index in [4.69, 9.17) is 9.47 Å². The fourth-order valence-corrected chi connectivity index (χ4v) is 6.14. The number of aromatic nitrogens is 2. The maximum Gasteiger partial charge on any atom is 0.254 e. The summed E-state index contributed by atoms with van der Waals surface area (Å²) < 4.78 is 39.4. The predicted octanol–water partition coefficient (Wildman–Crippen LogP) is 3.50. The van der Waals surface area contributed by atoms with Gasteiger partial charge >= 0.3 is 0 Å². The van der Waals surface area contributed by atoms with Crippen LogP contribution in [0.4, 0.5) is 0 Å². The number of morpholine rings is 1. The topological polar surface area (TPSA) is 94.0 Å². The highest BCUT2D eigenvalue weighted by molar-refractivity contribution is 7.90. The molecule has 2 heterocycles. The number of amides is 1. The SMILES string of the molecule is COc1ccc(C(=O)N(CCN2CCOCC2)Cc2cnc(S(=O)(=O)Cc3ccccc3)n2CC(C)C)cc1. The van der Waals surface area contributed by atoms with Gasteiger partial charge in [0.25, 0.3) is 5.91 Å². The molecule has 0 saturated carbocycles. The lowest BCUT2D eigenvalue weighted by Gasteiger charge is -2.30. The van der Waals surface area contributed by atoms with Crippen LogP contribution >= 0.6 is 0 Å². The Hall–Kier alpha value is -3.21. The van der Waals surface area contributed by atoms with Crippen LogP contribution in [-0.4, -0.2) is 80.2 Å². The van der Waals surface area contributed by atoms with Gasteiger partial charge in [0.05, 0.1) is 44.5 Å². The van der Waals surface area contributed by atoms with E-state index in [1.165, 1.54) is 0 Å². The van der Waals surface area contributed by atoms with Crippen LogP contribution in [0.15, 0.2) is 66.0 Å². The fourth-order valence-electron chi connectivity index (χ4n) is 4.64. The zero-order chi connectivity index (χ0) is 27.8. The number of carbonyl (C=O) groups is 1. The molecule has 4 rings (SSSR count). The van der Waals surface area contributed by atoms with E-state index in [-0.39, 0.29) is 29.3 Å². The number of imidazole rings is 1. The van der Waals surface area contributed by atoms with E-state index in [1.807, 2.05) is 32.0 Å². The molecule has 3 aromatic rings. The second kappa shape index (κ2) is 13.2. The molecule has 1 saturated heterocycles. The molecule has 210 valence electrons. The largest absolute Gasteiger partial charge is 0.497 e. The molecule has 1 aliphatic heterocycles. The Morgan fingerprint density at radius 3 is 2.41 bits per heavy atom. The molecule has 0 atom stereocenters. The Balaban J connectivity index is 1.62. The summed E-state index contributed by atoms with van der Waals surface area (Å²) in [6, 6.07) is 16.2. The third-order valence-corrected chi connectivity index (χ3v) is 8.29. The summed E-state index contributed by atoms with van der Waals surface area (Å²) in [5.74, 6) is 0.600. The molecular weight excluding hydrogens is 516 g/mol. The molecule has 2 aromatic carbocycles. The van der Waals surface area contributed by atoms with Crippen molar-refractivity contribution in [3.05, 3.63) is 77.6 Å². The molecule has 1 fully saturated rings. The monoisotopic (exact) mass is 554 g/mol. The molecule has 0 radical (unpaired) electrons. The molecule has 0 aliphatic carbocycles. The Bertz CT molecular complexity index is 1320. The molecule has 1 aromatic heterocycles. The second-order valence-corrected chi connectivity index (χ2v) is 12.1. The van der Waals surface area contributed by atoms with Crippen molar-refractivity contribution >= 4 is 15.7 Å². The first-order chi connectivity index (χ1) is 18.8. The lowest BCUT2D eigenvalue weighted by atomic mass is 10.1. The molecule has 0 bridgehead atoms. The van der Waals surface area contributed by atoms with Crippen molar-refractivity contribution in [2.75, 3.05) is 46.5 Å². The summed E-state index contributed by atoms with van der Waals surface area (Å²) in [4.78, 5) is 22.1. The van der Waals surface area contributed by atoms with Gasteiger partial charge in [-0.25, -0.2) is 13.4 Å². The van der Waals surface area contributed by atoms with Gasteiger partial charge in [-0.3, -0.25) is 9.69 Å². The minimum absolute atomic E-state index is 0.0417. The number of nitrogens with zero attached hydrogens (tertiary/aromatic N) is 4. The molecule has 0 unspecified atom stereocenters. The van der Waals surface area contributed by atoms with Crippen molar-refractivity contribution in [3.8, 4) is 5.75 Å². The first-order valence-electron chi connectivity index (χ1n) is 13.3. The minimum Gasteiger partial charge on any atom is -0.497 e. The Labute approximate surface area is 231 Å². The van der Waals surface area contributed by atoms with Gasteiger partial charge in [-0.1, -0.05) is 44.2 Å². The minimum atomic E-state index is -3.70. The Morgan fingerprint density at radius 2 is 1.77 bits per heavy atom. The smallest absolute Gasteiger partial charge is 0.254 e. The van der Waals surface area contributed by atoms with E-state index in [1.54, 1.807) is 59.2 Å². The van der Waals surface area contributed by atoms with Gasteiger partial charge in [0.1, 0.15) is 5.75 Å². The van der Waals surface area contributed by atoms with Crippen molar-refractivity contribution in [2.24, 2.45) is 5.92 Å². The van der Waals surface area contributed by atoms with Crippen molar-refractivity contribution in [1.29, 1.82) is 0 Å². The van der Waals surface area contributed by atoms with Crippen LogP contribution in [0.25, 0.3) is 0 Å².